The van der Waals surface area contributed by atoms with Crippen molar-refractivity contribution in [2.45, 2.75) is 11.8 Å². The molecule has 0 aromatic heterocycles. The summed E-state index contributed by atoms with van der Waals surface area (Å²) < 4.78 is 37.3. The number of rotatable bonds is 4. The second kappa shape index (κ2) is 9.29. The average molecular weight is 446 g/mol. The summed E-state index contributed by atoms with van der Waals surface area (Å²) >= 11 is 6.21. The van der Waals surface area contributed by atoms with Crippen LogP contribution in [0.4, 0.5) is 4.79 Å². The normalized spacial score (nSPS) is 18.6. The maximum atomic E-state index is 13.0. The van der Waals surface area contributed by atoms with E-state index in [0.29, 0.717) is 39.4 Å². The molecule has 1 aromatic rings. The van der Waals surface area contributed by atoms with Crippen LogP contribution in [0.1, 0.15) is 17.3 Å². The third-order valence-electron chi connectivity index (χ3n) is 4.87. The minimum Gasteiger partial charge on any atom is -0.450 e. The fourth-order valence-electron chi connectivity index (χ4n) is 3.24. The number of amides is 2. The Labute approximate surface area is 175 Å². The van der Waals surface area contributed by atoms with Crippen LogP contribution in [0.3, 0.4) is 0 Å². The smallest absolute Gasteiger partial charge is 0.409 e. The molecule has 3 rings (SSSR count). The van der Waals surface area contributed by atoms with Crippen molar-refractivity contribution in [1.82, 2.24) is 14.1 Å². The van der Waals surface area contributed by atoms with E-state index in [0.717, 1.165) is 0 Å². The van der Waals surface area contributed by atoms with Gasteiger partial charge < -0.3 is 19.3 Å². The summed E-state index contributed by atoms with van der Waals surface area (Å²) in [6, 6.07) is 4.16. The number of morpholine rings is 1. The van der Waals surface area contributed by atoms with Crippen molar-refractivity contribution >= 4 is 33.6 Å². The van der Waals surface area contributed by atoms with Crippen molar-refractivity contribution in [3.05, 3.63) is 28.8 Å². The van der Waals surface area contributed by atoms with Gasteiger partial charge in [0.1, 0.15) is 0 Å². The number of piperazine rings is 1. The molecule has 2 fully saturated rings. The molecular weight excluding hydrogens is 422 g/mol. The summed E-state index contributed by atoms with van der Waals surface area (Å²) in [7, 11) is -3.74. The Bertz CT molecular complexity index is 864. The monoisotopic (exact) mass is 445 g/mol. The molecule has 2 saturated heterocycles. The minimum atomic E-state index is -3.74. The molecule has 2 heterocycles. The van der Waals surface area contributed by atoms with E-state index >= 15 is 0 Å². The second-order valence-electron chi connectivity index (χ2n) is 6.64. The molecule has 0 bridgehead atoms. The van der Waals surface area contributed by atoms with Gasteiger partial charge in [-0.05, 0) is 25.1 Å². The molecule has 29 heavy (non-hydrogen) atoms. The van der Waals surface area contributed by atoms with Gasteiger partial charge in [-0.1, -0.05) is 11.6 Å². The van der Waals surface area contributed by atoms with Gasteiger partial charge in [-0.15, -0.1) is 0 Å². The molecule has 2 aliphatic rings. The van der Waals surface area contributed by atoms with Crippen LogP contribution >= 0.6 is 11.6 Å². The largest absolute Gasteiger partial charge is 0.450 e. The van der Waals surface area contributed by atoms with Crippen molar-refractivity contribution in [2.24, 2.45) is 0 Å². The Balaban J connectivity index is 1.75. The first-order valence-corrected chi connectivity index (χ1v) is 11.2. The number of sulfonamides is 1. The summed E-state index contributed by atoms with van der Waals surface area (Å²) in [6.07, 6.45) is -0.406. The molecule has 2 amide bonds. The lowest BCUT2D eigenvalue weighted by molar-refractivity contribution is 0.0570. The Morgan fingerprint density at radius 3 is 2.31 bits per heavy atom. The first-order chi connectivity index (χ1) is 13.8. The second-order valence-corrected chi connectivity index (χ2v) is 8.98. The maximum Gasteiger partial charge on any atom is 0.409 e. The summed E-state index contributed by atoms with van der Waals surface area (Å²) in [6.45, 7) is 4.54. The molecule has 0 unspecified atom stereocenters. The zero-order chi connectivity index (χ0) is 21.0. The number of benzene rings is 1. The quantitative estimate of drug-likeness (QED) is 0.692. The highest BCUT2D eigenvalue weighted by atomic mass is 35.5. The molecule has 1 aromatic carbocycles. The van der Waals surface area contributed by atoms with Gasteiger partial charge in [0.15, 0.2) is 0 Å². The number of carbonyl (C=O) groups is 2. The van der Waals surface area contributed by atoms with E-state index in [2.05, 4.69) is 0 Å². The van der Waals surface area contributed by atoms with E-state index in [4.69, 9.17) is 21.1 Å². The predicted molar refractivity (Wildman–Crippen MR) is 106 cm³/mol. The summed E-state index contributed by atoms with van der Waals surface area (Å²) in [5.74, 6) is -0.363. The Morgan fingerprint density at radius 2 is 1.69 bits per heavy atom. The van der Waals surface area contributed by atoms with Crippen molar-refractivity contribution in [3.63, 3.8) is 0 Å². The molecule has 160 valence electrons. The molecular formula is C18H24ClN3O6S. The van der Waals surface area contributed by atoms with Gasteiger partial charge >= 0.3 is 6.09 Å². The summed E-state index contributed by atoms with van der Waals surface area (Å²) in [5.41, 5.74) is 0.130. The topological polar surface area (TPSA) is 96.5 Å². The van der Waals surface area contributed by atoms with Gasteiger partial charge in [-0.25, -0.2) is 13.2 Å². The van der Waals surface area contributed by atoms with E-state index in [1.54, 1.807) is 11.8 Å². The molecule has 2 aliphatic heterocycles. The van der Waals surface area contributed by atoms with E-state index < -0.39 is 16.1 Å². The molecule has 0 saturated carbocycles. The highest BCUT2D eigenvalue weighted by molar-refractivity contribution is 7.89. The number of ether oxygens (including phenoxy) is 2. The van der Waals surface area contributed by atoms with Crippen LogP contribution in [0.5, 0.6) is 0 Å². The van der Waals surface area contributed by atoms with Crippen LogP contribution in [0, 0.1) is 0 Å². The fourth-order valence-corrected chi connectivity index (χ4v) is 4.88. The zero-order valence-electron chi connectivity index (χ0n) is 16.2. The number of carbonyl (C=O) groups excluding carboxylic acids is 2. The van der Waals surface area contributed by atoms with Crippen LogP contribution in [0.15, 0.2) is 23.1 Å². The van der Waals surface area contributed by atoms with Crippen molar-refractivity contribution in [3.8, 4) is 0 Å². The first kappa shape index (κ1) is 21.8. The fraction of sp³-hybridized carbons (Fsp3) is 0.556. The standard InChI is InChI=1S/C18H24ClN3O6S/c1-2-28-18(24)21-7-5-20(6-8-21)17(23)15-13-14(3-4-16(15)19)29(25,26)22-9-11-27-12-10-22/h3-4,13H,2,5-12H2,1H3. The van der Waals surface area contributed by atoms with E-state index in [1.165, 1.54) is 27.4 Å². The Hall–Kier alpha value is -1.88. The Kier molecular flexibility index (Phi) is 6.99. The van der Waals surface area contributed by atoms with Gasteiger partial charge in [0, 0.05) is 39.3 Å². The van der Waals surface area contributed by atoms with E-state index in [9.17, 15) is 18.0 Å². The number of hydrogen-bond acceptors (Lipinski definition) is 6. The molecule has 9 nitrogen and oxygen atoms in total. The number of halogens is 1. The molecule has 11 heteroatoms. The molecule has 0 N–H and O–H groups in total. The predicted octanol–water partition coefficient (Wildman–Crippen LogP) is 1.28. The van der Waals surface area contributed by atoms with Crippen molar-refractivity contribution in [1.29, 1.82) is 0 Å². The van der Waals surface area contributed by atoms with Crippen LogP contribution in [0.2, 0.25) is 5.02 Å². The van der Waals surface area contributed by atoms with Crippen LogP contribution < -0.4 is 0 Å². The summed E-state index contributed by atoms with van der Waals surface area (Å²) in [4.78, 5) is 27.9. The van der Waals surface area contributed by atoms with Gasteiger partial charge in [0.05, 0.1) is 35.3 Å². The number of hydrogen-bond donors (Lipinski definition) is 0. The summed E-state index contributed by atoms with van der Waals surface area (Å²) in [5, 5.41) is 0.184. The van der Waals surface area contributed by atoms with E-state index in [1.807, 2.05) is 0 Å². The van der Waals surface area contributed by atoms with Crippen molar-refractivity contribution < 1.29 is 27.5 Å². The molecule has 0 atom stereocenters. The van der Waals surface area contributed by atoms with Crippen LogP contribution in [-0.2, 0) is 19.5 Å². The molecule has 0 spiro atoms. The average Bonchev–Trinajstić information content (AvgIpc) is 2.74. The zero-order valence-corrected chi connectivity index (χ0v) is 17.7. The van der Waals surface area contributed by atoms with Crippen LogP contribution in [-0.4, -0.2) is 93.6 Å². The Morgan fingerprint density at radius 1 is 1.07 bits per heavy atom. The lowest BCUT2D eigenvalue weighted by atomic mass is 10.2. The van der Waals surface area contributed by atoms with Gasteiger partial charge in [-0.2, -0.15) is 4.31 Å². The van der Waals surface area contributed by atoms with Crippen molar-refractivity contribution in [2.75, 3.05) is 59.1 Å². The first-order valence-electron chi connectivity index (χ1n) is 9.43. The van der Waals surface area contributed by atoms with Gasteiger partial charge in [0.25, 0.3) is 5.91 Å². The van der Waals surface area contributed by atoms with Crippen LogP contribution in [0.25, 0.3) is 0 Å². The minimum absolute atomic E-state index is 0.0253. The number of nitrogens with zero attached hydrogens (tertiary/aromatic N) is 3. The highest BCUT2D eigenvalue weighted by Crippen LogP contribution is 2.25. The van der Waals surface area contributed by atoms with Gasteiger partial charge in [-0.3, -0.25) is 4.79 Å². The lowest BCUT2D eigenvalue weighted by Gasteiger charge is -2.34. The highest BCUT2D eigenvalue weighted by Gasteiger charge is 2.30. The van der Waals surface area contributed by atoms with Gasteiger partial charge in [0.2, 0.25) is 10.0 Å². The van der Waals surface area contributed by atoms with E-state index in [-0.39, 0.29) is 41.1 Å². The SMILES string of the molecule is CCOC(=O)N1CCN(C(=O)c2cc(S(=O)(=O)N3CCOCC3)ccc2Cl)CC1. The lowest BCUT2D eigenvalue weighted by Crippen LogP contribution is -2.50. The molecule has 0 radical (unpaired) electrons. The third kappa shape index (κ3) is 4.82. The third-order valence-corrected chi connectivity index (χ3v) is 7.09. The molecule has 0 aliphatic carbocycles. The maximum absolute atomic E-state index is 13.0.